The Morgan fingerprint density at radius 1 is 1.30 bits per heavy atom. The van der Waals surface area contributed by atoms with Crippen molar-refractivity contribution in [2.24, 2.45) is 0 Å². The largest absolute Gasteiger partial charge is 0.478 e. The quantitative estimate of drug-likeness (QED) is 0.903. The smallest absolute Gasteiger partial charge is 0.337 e. The lowest BCUT2D eigenvalue weighted by Crippen LogP contribution is -2.17. The Labute approximate surface area is 123 Å². The van der Waals surface area contributed by atoms with Gasteiger partial charge in [0, 0.05) is 10.7 Å². The number of carbonyl (C=O) groups is 2. The first kappa shape index (κ1) is 14.2. The van der Waals surface area contributed by atoms with Crippen LogP contribution in [0.4, 0.5) is 5.69 Å². The van der Waals surface area contributed by atoms with Crippen molar-refractivity contribution in [1.29, 1.82) is 0 Å². The predicted molar refractivity (Wildman–Crippen MR) is 78.0 cm³/mol. The van der Waals surface area contributed by atoms with Crippen molar-refractivity contribution >= 4 is 33.5 Å². The van der Waals surface area contributed by atoms with Crippen LogP contribution in [0, 0.1) is 6.92 Å². The summed E-state index contributed by atoms with van der Waals surface area (Å²) in [5, 5.41) is 11.7. The van der Waals surface area contributed by atoms with Gasteiger partial charge in [-0.05, 0) is 36.8 Å². The highest BCUT2D eigenvalue weighted by atomic mass is 79.9. The molecule has 6 heteroatoms. The molecule has 0 unspecified atom stereocenters. The molecule has 102 valence electrons. The van der Waals surface area contributed by atoms with Crippen molar-refractivity contribution in [1.82, 2.24) is 4.98 Å². The lowest BCUT2D eigenvalue weighted by Gasteiger charge is -2.09. The van der Waals surface area contributed by atoms with Crippen molar-refractivity contribution in [3.63, 3.8) is 0 Å². The van der Waals surface area contributed by atoms with Crippen molar-refractivity contribution in [3.8, 4) is 0 Å². The number of hydrogen-bond donors (Lipinski definition) is 2. The van der Waals surface area contributed by atoms with E-state index in [2.05, 4.69) is 26.2 Å². The maximum absolute atomic E-state index is 12.1. The summed E-state index contributed by atoms with van der Waals surface area (Å²) in [5.74, 6) is -1.55. The molecule has 1 aromatic carbocycles. The molecule has 1 heterocycles. The van der Waals surface area contributed by atoms with Crippen LogP contribution in [0.15, 0.2) is 41.0 Å². The van der Waals surface area contributed by atoms with Gasteiger partial charge in [-0.2, -0.15) is 0 Å². The average molecular weight is 335 g/mol. The SMILES string of the molecule is Cc1cccnc1C(=O)Nc1ccc(Br)cc1C(=O)O. The molecule has 0 aliphatic heterocycles. The molecule has 1 aromatic heterocycles. The fourth-order valence-corrected chi connectivity index (χ4v) is 2.07. The molecule has 0 radical (unpaired) electrons. The van der Waals surface area contributed by atoms with Crippen LogP contribution >= 0.6 is 15.9 Å². The van der Waals surface area contributed by atoms with E-state index in [9.17, 15) is 9.59 Å². The van der Waals surface area contributed by atoms with Crippen LogP contribution in [0.1, 0.15) is 26.4 Å². The van der Waals surface area contributed by atoms with E-state index in [1.165, 1.54) is 18.3 Å². The molecule has 2 rings (SSSR count). The first-order valence-corrected chi connectivity index (χ1v) is 6.54. The van der Waals surface area contributed by atoms with Crippen LogP contribution in [0.25, 0.3) is 0 Å². The third kappa shape index (κ3) is 3.03. The summed E-state index contributed by atoms with van der Waals surface area (Å²) in [7, 11) is 0. The zero-order valence-electron chi connectivity index (χ0n) is 10.6. The standard InChI is InChI=1S/C14H11BrN2O3/c1-8-3-2-6-16-12(8)13(18)17-11-5-4-9(15)7-10(11)14(19)20/h2-7H,1H3,(H,17,18)(H,19,20). The van der Waals surface area contributed by atoms with Gasteiger partial charge in [-0.25, -0.2) is 4.79 Å². The Bertz CT molecular complexity index is 686. The average Bonchev–Trinajstić information content (AvgIpc) is 2.41. The van der Waals surface area contributed by atoms with Gasteiger partial charge in [0.15, 0.2) is 0 Å². The molecule has 0 bridgehead atoms. The van der Waals surface area contributed by atoms with E-state index in [1.54, 1.807) is 25.1 Å². The third-order valence-electron chi connectivity index (χ3n) is 2.68. The van der Waals surface area contributed by atoms with E-state index in [1.807, 2.05) is 0 Å². The van der Waals surface area contributed by atoms with E-state index in [4.69, 9.17) is 5.11 Å². The number of pyridine rings is 1. The van der Waals surface area contributed by atoms with Gasteiger partial charge >= 0.3 is 5.97 Å². The minimum absolute atomic E-state index is 0.0151. The van der Waals surface area contributed by atoms with Crippen LogP contribution in [-0.4, -0.2) is 22.0 Å². The molecule has 1 amide bonds. The Hall–Kier alpha value is -2.21. The second kappa shape index (κ2) is 5.83. The van der Waals surface area contributed by atoms with Crippen LogP contribution in [0.3, 0.4) is 0 Å². The fourth-order valence-electron chi connectivity index (χ4n) is 1.71. The number of nitrogens with one attached hydrogen (secondary N) is 1. The minimum atomic E-state index is -1.11. The summed E-state index contributed by atoms with van der Waals surface area (Å²) < 4.78 is 0.627. The zero-order valence-corrected chi connectivity index (χ0v) is 12.1. The number of hydrogen-bond acceptors (Lipinski definition) is 3. The van der Waals surface area contributed by atoms with Crippen LogP contribution in [0.5, 0.6) is 0 Å². The molecule has 0 saturated heterocycles. The number of rotatable bonds is 3. The maximum atomic E-state index is 12.1. The highest BCUT2D eigenvalue weighted by molar-refractivity contribution is 9.10. The van der Waals surface area contributed by atoms with E-state index in [-0.39, 0.29) is 16.9 Å². The summed E-state index contributed by atoms with van der Waals surface area (Å²) in [6.45, 7) is 1.77. The highest BCUT2D eigenvalue weighted by Gasteiger charge is 2.15. The van der Waals surface area contributed by atoms with Crippen molar-refractivity contribution in [2.45, 2.75) is 6.92 Å². The number of anilines is 1. The Kier molecular flexibility index (Phi) is 4.14. The minimum Gasteiger partial charge on any atom is -0.478 e. The van der Waals surface area contributed by atoms with E-state index in [0.717, 1.165) is 5.56 Å². The Balaban J connectivity index is 2.33. The maximum Gasteiger partial charge on any atom is 0.337 e. The summed E-state index contributed by atoms with van der Waals surface area (Å²) in [5.41, 5.74) is 1.24. The lowest BCUT2D eigenvalue weighted by atomic mass is 10.1. The highest BCUT2D eigenvalue weighted by Crippen LogP contribution is 2.22. The normalized spacial score (nSPS) is 10.1. The first-order chi connectivity index (χ1) is 9.49. The number of benzene rings is 1. The van der Waals surface area contributed by atoms with Crippen LogP contribution in [-0.2, 0) is 0 Å². The van der Waals surface area contributed by atoms with Gasteiger partial charge < -0.3 is 10.4 Å². The number of carbonyl (C=O) groups excluding carboxylic acids is 1. The Morgan fingerprint density at radius 3 is 2.70 bits per heavy atom. The van der Waals surface area contributed by atoms with Crippen molar-refractivity contribution < 1.29 is 14.7 Å². The van der Waals surface area contributed by atoms with Gasteiger partial charge in [-0.1, -0.05) is 22.0 Å². The molecule has 0 aliphatic rings. The molecule has 2 aromatic rings. The number of aryl methyl sites for hydroxylation is 1. The number of carboxylic acid groups (broad SMARTS) is 1. The third-order valence-corrected chi connectivity index (χ3v) is 3.18. The molecular formula is C14H11BrN2O3. The number of aromatic nitrogens is 1. The van der Waals surface area contributed by atoms with Gasteiger partial charge in [0.2, 0.25) is 0 Å². The molecule has 5 nitrogen and oxygen atoms in total. The van der Waals surface area contributed by atoms with Gasteiger partial charge in [-0.3, -0.25) is 9.78 Å². The summed E-state index contributed by atoms with van der Waals surface area (Å²) in [6.07, 6.45) is 1.52. The molecular weight excluding hydrogens is 324 g/mol. The van der Waals surface area contributed by atoms with Gasteiger partial charge in [0.1, 0.15) is 5.69 Å². The van der Waals surface area contributed by atoms with Crippen molar-refractivity contribution in [2.75, 3.05) is 5.32 Å². The second-order valence-electron chi connectivity index (χ2n) is 4.12. The van der Waals surface area contributed by atoms with Crippen LogP contribution < -0.4 is 5.32 Å². The molecule has 2 N–H and O–H groups in total. The van der Waals surface area contributed by atoms with Crippen molar-refractivity contribution in [3.05, 3.63) is 57.8 Å². The lowest BCUT2D eigenvalue weighted by molar-refractivity contribution is 0.0698. The van der Waals surface area contributed by atoms with E-state index in [0.29, 0.717) is 4.47 Å². The van der Waals surface area contributed by atoms with Gasteiger partial charge in [0.05, 0.1) is 11.3 Å². The number of halogens is 1. The second-order valence-corrected chi connectivity index (χ2v) is 5.03. The molecule has 20 heavy (non-hydrogen) atoms. The Morgan fingerprint density at radius 2 is 2.05 bits per heavy atom. The first-order valence-electron chi connectivity index (χ1n) is 5.75. The summed E-state index contributed by atoms with van der Waals surface area (Å²) in [6, 6.07) is 8.12. The topological polar surface area (TPSA) is 79.3 Å². The van der Waals surface area contributed by atoms with Crippen LogP contribution in [0.2, 0.25) is 0 Å². The van der Waals surface area contributed by atoms with Gasteiger partial charge in [0.25, 0.3) is 5.91 Å². The molecule has 0 fully saturated rings. The van der Waals surface area contributed by atoms with E-state index >= 15 is 0 Å². The monoisotopic (exact) mass is 334 g/mol. The summed E-state index contributed by atoms with van der Waals surface area (Å²) >= 11 is 3.20. The summed E-state index contributed by atoms with van der Waals surface area (Å²) in [4.78, 5) is 27.3. The number of carboxylic acids is 1. The number of aromatic carboxylic acids is 1. The molecule has 0 saturated carbocycles. The molecule has 0 aliphatic carbocycles. The number of amides is 1. The zero-order chi connectivity index (χ0) is 14.7. The fraction of sp³-hybridized carbons (Fsp3) is 0.0714. The van der Waals surface area contributed by atoms with Gasteiger partial charge in [-0.15, -0.1) is 0 Å². The molecule has 0 atom stereocenters. The number of nitrogens with zero attached hydrogens (tertiary/aromatic N) is 1. The van der Waals surface area contributed by atoms with E-state index < -0.39 is 11.9 Å². The predicted octanol–water partition coefficient (Wildman–Crippen LogP) is 3.10. The molecule has 0 spiro atoms.